The molecule has 2 saturated heterocycles. The fraction of sp³-hybridized carbons (Fsp3) is 0.870. The van der Waals surface area contributed by atoms with E-state index in [-0.39, 0.29) is 25.6 Å². The van der Waals surface area contributed by atoms with Crippen molar-refractivity contribution in [3.05, 3.63) is 36.5 Å². The fourth-order valence-electron chi connectivity index (χ4n) is 8.44. The lowest BCUT2D eigenvalue weighted by atomic mass is 9.98. The van der Waals surface area contributed by atoms with Gasteiger partial charge in [0.1, 0.15) is 54.9 Å². The monoisotopic (exact) mass is 971 g/mol. The molecule has 11 atom stereocenters. The average molecular weight is 971 g/mol. The van der Waals surface area contributed by atoms with E-state index in [1.54, 1.807) is 0 Å². The van der Waals surface area contributed by atoms with E-state index in [1.165, 1.54) is 103 Å². The first-order chi connectivity index (χ1) is 33.1. The molecule has 2 aliphatic rings. The van der Waals surface area contributed by atoms with Crippen molar-refractivity contribution in [3.8, 4) is 0 Å². The molecule has 2 fully saturated rings. The Morgan fingerprint density at radius 1 is 0.485 bits per heavy atom. The van der Waals surface area contributed by atoms with Crippen molar-refractivity contribution < 1.29 is 69.0 Å². The number of aliphatic hydroxyl groups is 7. The minimum absolute atomic E-state index is 0.0581. The highest BCUT2D eigenvalue weighted by Crippen LogP contribution is 2.26. The van der Waals surface area contributed by atoms with Gasteiger partial charge in [0.05, 0.1) is 26.4 Å². The van der Waals surface area contributed by atoms with E-state index in [1.807, 2.05) is 0 Å². The van der Waals surface area contributed by atoms with E-state index in [0.29, 0.717) is 13.0 Å². The third-order valence-electron chi connectivity index (χ3n) is 12.9. The van der Waals surface area contributed by atoms with Crippen LogP contribution in [0.15, 0.2) is 36.5 Å². The Morgan fingerprint density at radius 3 is 1.49 bits per heavy atom. The molecule has 0 aromatic rings. The van der Waals surface area contributed by atoms with Crippen LogP contribution in [-0.2, 0) is 33.2 Å². The quantitative estimate of drug-likeness (QED) is 0.0173. The predicted molar refractivity (Wildman–Crippen MR) is 266 cm³/mol. The number of rotatable bonds is 43. The summed E-state index contributed by atoms with van der Waals surface area (Å²) in [6.45, 7) is 3.61. The van der Waals surface area contributed by atoms with Gasteiger partial charge in [-0.25, -0.2) is 0 Å². The Morgan fingerprint density at radius 2 is 0.941 bits per heavy atom. The van der Waals surface area contributed by atoms with Crippen LogP contribution >= 0.6 is 0 Å². The zero-order chi connectivity index (χ0) is 49.5. The van der Waals surface area contributed by atoms with Crippen molar-refractivity contribution in [2.75, 3.05) is 33.0 Å². The van der Waals surface area contributed by atoms with Gasteiger partial charge < -0.3 is 64.2 Å². The number of allylic oxidation sites excluding steroid dienone is 6. The molecule has 2 heterocycles. The molecule has 0 aromatic carbocycles. The summed E-state index contributed by atoms with van der Waals surface area (Å²) >= 11 is 0. The molecule has 0 aromatic heterocycles. The summed E-state index contributed by atoms with van der Waals surface area (Å²) in [6, 6.07) is 0. The highest BCUT2D eigenvalue weighted by Gasteiger charge is 2.47. The van der Waals surface area contributed by atoms with Crippen molar-refractivity contribution >= 4 is 5.97 Å². The Kier molecular flexibility index (Phi) is 38.3. The van der Waals surface area contributed by atoms with E-state index >= 15 is 0 Å². The van der Waals surface area contributed by atoms with E-state index in [9.17, 15) is 40.5 Å². The molecule has 0 bridgehead atoms. The summed E-state index contributed by atoms with van der Waals surface area (Å²) in [5.74, 6) is -0.388. The van der Waals surface area contributed by atoms with E-state index < -0.39 is 80.7 Å². The summed E-state index contributed by atoms with van der Waals surface area (Å²) in [4.78, 5) is 13.0. The minimum atomic E-state index is -1.71. The first-order valence-corrected chi connectivity index (χ1v) is 27.1. The van der Waals surface area contributed by atoms with E-state index in [4.69, 9.17) is 28.4 Å². The smallest absolute Gasteiger partial charge is 0.306 e. The van der Waals surface area contributed by atoms with Crippen LogP contribution in [0.1, 0.15) is 200 Å². The minimum Gasteiger partial charge on any atom is -0.457 e. The van der Waals surface area contributed by atoms with Crippen LogP contribution < -0.4 is 0 Å². The van der Waals surface area contributed by atoms with Crippen molar-refractivity contribution in [1.29, 1.82) is 0 Å². The van der Waals surface area contributed by atoms with Gasteiger partial charge in [-0.3, -0.25) is 4.79 Å². The first-order valence-electron chi connectivity index (χ1n) is 27.1. The summed E-state index contributed by atoms with van der Waals surface area (Å²) in [6.07, 6.45) is 30.8. The summed E-state index contributed by atoms with van der Waals surface area (Å²) < 4.78 is 34.2. The van der Waals surface area contributed by atoms with E-state index in [0.717, 1.165) is 70.6 Å². The van der Waals surface area contributed by atoms with Crippen LogP contribution in [0.3, 0.4) is 0 Å². The zero-order valence-corrected chi connectivity index (χ0v) is 42.3. The maximum absolute atomic E-state index is 13.0. The largest absolute Gasteiger partial charge is 0.457 e. The lowest BCUT2D eigenvalue weighted by molar-refractivity contribution is -0.332. The molecule has 68 heavy (non-hydrogen) atoms. The van der Waals surface area contributed by atoms with Gasteiger partial charge >= 0.3 is 5.97 Å². The number of esters is 1. The highest BCUT2D eigenvalue weighted by atomic mass is 16.7. The molecule has 2 aliphatic heterocycles. The standard InChI is InChI=1S/C54H98O14/c1-3-5-7-9-11-13-15-16-17-18-19-20-21-22-23-24-25-26-27-28-30-32-34-36-38-63-40-43(66-46(56)37-35-33-31-29-14-12-10-8-6-4-2)41-64-53-52(62)50(60)48(58)45(68-53)42-65-54-51(61)49(59)47(57)44(39-55)67-54/h8,10,15-16,18-19,43-45,47-55,57-62H,3-7,9,11-14,17,20-42H2,1-2H3/b10-8-,16-15-,19-18-. The van der Waals surface area contributed by atoms with Gasteiger partial charge in [-0.15, -0.1) is 0 Å². The van der Waals surface area contributed by atoms with Crippen LogP contribution in [-0.4, -0.2) is 142 Å². The average Bonchev–Trinajstić information content (AvgIpc) is 3.33. The number of aliphatic hydroxyl groups excluding tert-OH is 7. The number of carbonyl (C=O) groups is 1. The molecule has 7 N–H and O–H groups in total. The van der Waals surface area contributed by atoms with Gasteiger partial charge in [-0.1, -0.05) is 166 Å². The molecule has 14 nitrogen and oxygen atoms in total. The van der Waals surface area contributed by atoms with Gasteiger partial charge in [0.2, 0.25) is 0 Å². The van der Waals surface area contributed by atoms with Gasteiger partial charge in [0, 0.05) is 13.0 Å². The number of carbonyl (C=O) groups excluding carboxylic acids is 1. The second kappa shape index (κ2) is 41.8. The topological polar surface area (TPSA) is 214 Å². The van der Waals surface area contributed by atoms with Gasteiger partial charge in [-0.2, -0.15) is 0 Å². The fourth-order valence-corrected chi connectivity index (χ4v) is 8.44. The molecule has 14 heteroatoms. The Bertz CT molecular complexity index is 1260. The lowest BCUT2D eigenvalue weighted by Crippen LogP contribution is -2.61. The Balaban J connectivity index is 1.68. The Labute approximate surface area is 410 Å². The van der Waals surface area contributed by atoms with Gasteiger partial charge in [0.15, 0.2) is 12.6 Å². The molecule has 0 amide bonds. The van der Waals surface area contributed by atoms with Crippen molar-refractivity contribution in [2.24, 2.45) is 0 Å². The first kappa shape index (κ1) is 62.3. The second-order valence-corrected chi connectivity index (χ2v) is 19.0. The molecular weight excluding hydrogens is 873 g/mol. The molecular formula is C54H98O14. The van der Waals surface area contributed by atoms with Crippen LogP contribution in [0.4, 0.5) is 0 Å². The van der Waals surface area contributed by atoms with Gasteiger partial charge in [0.25, 0.3) is 0 Å². The highest BCUT2D eigenvalue weighted by molar-refractivity contribution is 5.69. The van der Waals surface area contributed by atoms with Gasteiger partial charge in [-0.05, 0) is 64.2 Å². The van der Waals surface area contributed by atoms with Crippen LogP contribution in [0, 0.1) is 0 Å². The summed E-state index contributed by atoms with van der Waals surface area (Å²) in [5, 5.41) is 72.1. The number of hydrogen-bond acceptors (Lipinski definition) is 14. The molecule has 0 aliphatic carbocycles. The van der Waals surface area contributed by atoms with Crippen molar-refractivity contribution in [1.82, 2.24) is 0 Å². The summed E-state index contributed by atoms with van der Waals surface area (Å²) in [5.41, 5.74) is 0. The Hall–Kier alpha value is -1.79. The van der Waals surface area contributed by atoms with Crippen molar-refractivity contribution in [2.45, 2.75) is 268 Å². The molecule has 11 unspecified atom stereocenters. The van der Waals surface area contributed by atoms with Crippen LogP contribution in [0.5, 0.6) is 0 Å². The van der Waals surface area contributed by atoms with Crippen LogP contribution in [0.25, 0.3) is 0 Å². The number of hydrogen-bond donors (Lipinski definition) is 7. The maximum Gasteiger partial charge on any atom is 0.306 e. The molecule has 0 saturated carbocycles. The van der Waals surface area contributed by atoms with E-state index in [2.05, 4.69) is 50.3 Å². The zero-order valence-electron chi connectivity index (χ0n) is 42.3. The number of ether oxygens (including phenoxy) is 6. The lowest BCUT2D eigenvalue weighted by Gasteiger charge is -2.42. The molecule has 398 valence electrons. The number of unbranched alkanes of at least 4 members (excludes halogenated alkanes) is 23. The summed E-state index contributed by atoms with van der Waals surface area (Å²) in [7, 11) is 0. The normalized spacial score (nSPS) is 26.1. The van der Waals surface area contributed by atoms with Crippen LogP contribution in [0.2, 0.25) is 0 Å². The SMILES string of the molecule is CCC/C=C\CCCCCCCC(=O)OC(COCCCCCCCCCCCCCC/C=C\C/C=C\CCCCCCC)COC1OC(COC2OC(CO)C(O)C(O)C2O)C(O)C(O)C1O. The maximum atomic E-state index is 13.0. The molecule has 2 rings (SSSR count). The molecule has 0 radical (unpaired) electrons. The second-order valence-electron chi connectivity index (χ2n) is 19.0. The van der Waals surface area contributed by atoms with Crippen molar-refractivity contribution in [3.63, 3.8) is 0 Å². The molecule has 0 spiro atoms. The third-order valence-corrected chi connectivity index (χ3v) is 12.9. The third kappa shape index (κ3) is 28.9. The predicted octanol–water partition coefficient (Wildman–Crippen LogP) is 8.58.